The van der Waals surface area contributed by atoms with E-state index in [1.165, 1.54) is 13.0 Å². The molecule has 0 aromatic heterocycles. The fraction of sp³-hybridized carbons (Fsp3) is 0.909. The summed E-state index contributed by atoms with van der Waals surface area (Å²) in [6.45, 7) is 4.61. The van der Waals surface area contributed by atoms with Gasteiger partial charge in [0, 0.05) is 13.0 Å². The standard InChI is InChI=1S/C11H23N3O/c1-9-7-10(9)8-14(2)6-4-3-5-11(15)13-12/h9-10H,3-8,12H2,1-2H3,(H,13,15). The quantitative estimate of drug-likeness (QED) is 0.284. The molecule has 0 aromatic carbocycles. The first-order valence-corrected chi connectivity index (χ1v) is 5.81. The summed E-state index contributed by atoms with van der Waals surface area (Å²) in [5.41, 5.74) is 2.15. The molecule has 1 aliphatic carbocycles. The normalized spacial score (nSPS) is 24.3. The van der Waals surface area contributed by atoms with E-state index >= 15 is 0 Å². The fourth-order valence-corrected chi connectivity index (χ4v) is 1.88. The SMILES string of the molecule is CC1CC1CN(C)CCCCC(=O)NN. The summed E-state index contributed by atoms with van der Waals surface area (Å²) >= 11 is 0. The van der Waals surface area contributed by atoms with Gasteiger partial charge in [-0.3, -0.25) is 10.2 Å². The molecule has 0 spiro atoms. The zero-order valence-corrected chi connectivity index (χ0v) is 9.83. The molecule has 1 rings (SSSR count). The highest BCUT2D eigenvalue weighted by atomic mass is 16.2. The van der Waals surface area contributed by atoms with E-state index in [0.29, 0.717) is 6.42 Å². The Labute approximate surface area is 92.2 Å². The van der Waals surface area contributed by atoms with Crippen molar-refractivity contribution in [1.29, 1.82) is 0 Å². The number of carbonyl (C=O) groups excluding carboxylic acids is 1. The Kier molecular flexibility index (Phi) is 5.05. The number of nitrogens with one attached hydrogen (secondary N) is 1. The van der Waals surface area contributed by atoms with Gasteiger partial charge in [-0.15, -0.1) is 0 Å². The molecule has 0 radical (unpaired) electrons. The lowest BCUT2D eigenvalue weighted by molar-refractivity contribution is -0.121. The van der Waals surface area contributed by atoms with Gasteiger partial charge in [-0.05, 0) is 44.7 Å². The minimum absolute atomic E-state index is 0.0616. The average Bonchev–Trinajstić information content (AvgIpc) is 2.88. The van der Waals surface area contributed by atoms with Crippen molar-refractivity contribution in [2.45, 2.75) is 32.6 Å². The van der Waals surface area contributed by atoms with Gasteiger partial charge in [0.15, 0.2) is 0 Å². The van der Waals surface area contributed by atoms with Crippen LogP contribution in [0.4, 0.5) is 0 Å². The van der Waals surface area contributed by atoms with Crippen molar-refractivity contribution in [3.05, 3.63) is 0 Å². The maximum atomic E-state index is 10.8. The Morgan fingerprint density at radius 2 is 2.20 bits per heavy atom. The van der Waals surface area contributed by atoms with Gasteiger partial charge in [0.05, 0.1) is 0 Å². The second kappa shape index (κ2) is 6.08. The second-order valence-electron chi connectivity index (χ2n) is 4.76. The van der Waals surface area contributed by atoms with E-state index in [1.54, 1.807) is 0 Å². The number of hydrogen-bond acceptors (Lipinski definition) is 3. The van der Waals surface area contributed by atoms with Crippen LogP contribution in [0.2, 0.25) is 0 Å². The molecule has 1 aliphatic rings. The Balaban J connectivity index is 1.92. The predicted molar refractivity (Wildman–Crippen MR) is 60.9 cm³/mol. The summed E-state index contributed by atoms with van der Waals surface area (Å²) < 4.78 is 0. The molecule has 1 amide bonds. The van der Waals surface area contributed by atoms with Crippen LogP contribution in [0.15, 0.2) is 0 Å². The molecule has 4 heteroatoms. The van der Waals surface area contributed by atoms with Crippen LogP contribution in [0.5, 0.6) is 0 Å². The van der Waals surface area contributed by atoms with Crippen molar-refractivity contribution in [2.75, 3.05) is 20.1 Å². The Morgan fingerprint density at radius 3 is 2.73 bits per heavy atom. The second-order valence-corrected chi connectivity index (χ2v) is 4.76. The molecule has 0 aliphatic heterocycles. The third-order valence-electron chi connectivity index (χ3n) is 3.18. The van der Waals surface area contributed by atoms with Crippen molar-refractivity contribution in [1.82, 2.24) is 10.3 Å². The molecule has 0 heterocycles. The number of nitrogens with zero attached hydrogens (tertiary/aromatic N) is 1. The smallest absolute Gasteiger partial charge is 0.233 e. The molecular weight excluding hydrogens is 190 g/mol. The first-order chi connectivity index (χ1) is 7.13. The maximum Gasteiger partial charge on any atom is 0.233 e. The summed E-state index contributed by atoms with van der Waals surface area (Å²) in [6, 6.07) is 0. The lowest BCUT2D eigenvalue weighted by Crippen LogP contribution is -2.30. The van der Waals surface area contributed by atoms with Gasteiger partial charge in [0.1, 0.15) is 0 Å². The third kappa shape index (κ3) is 5.14. The van der Waals surface area contributed by atoms with Crippen LogP contribution in [0.25, 0.3) is 0 Å². The average molecular weight is 213 g/mol. The molecule has 88 valence electrons. The summed E-state index contributed by atoms with van der Waals surface area (Å²) in [5, 5.41) is 0. The van der Waals surface area contributed by atoms with Gasteiger partial charge in [-0.25, -0.2) is 5.84 Å². The first-order valence-electron chi connectivity index (χ1n) is 5.81. The maximum absolute atomic E-state index is 10.8. The van der Waals surface area contributed by atoms with E-state index in [4.69, 9.17) is 5.84 Å². The Bertz CT molecular complexity index is 208. The number of nitrogens with two attached hydrogens (primary N) is 1. The van der Waals surface area contributed by atoms with E-state index in [2.05, 4.69) is 24.3 Å². The monoisotopic (exact) mass is 213 g/mol. The number of unbranched alkanes of at least 4 members (excludes halogenated alkanes) is 1. The minimum atomic E-state index is -0.0616. The van der Waals surface area contributed by atoms with Gasteiger partial charge in [-0.1, -0.05) is 6.92 Å². The van der Waals surface area contributed by atoms with Crippen LogP contribution in [-0.2, 0) is 4.79 Å². The highest BCUT2D eigenvalue weighted by Gasteiger charge is 2.32. The molecule has 15 heavy (non-hydrogen) atoms. The van der Waals surface area contributed by atoms with Gasteiger partial charge in [-0.2, -0.15) is 0 Å². The van der Waals surface area contributed by atoms with Crippen molar-refractivity contribution in [3.8, 4) is 0 Å². The number of carbonyl (C=O) groups is 1. The van der Waals surface area contributed by atoms with Crippen LogP contribution in [0.1, 0.15) is 32.6 Å². The van der Waals surface area contributed by atoms with Crippen molar-refractivity contribution in [2.24, 2.45) is 17.7 Å². The molecule has 1 fully saturated rings. The Hall–Kier alpha value is -0.610. The van der Waals surface area contributed by atoms with E-state index in [1.807, 2.05) is 0 Å². The van der Waals surface area contributed by atoms with Crippen molar-refractivity contribution >= 4 is 5.91 Å². The van der Waals surface area contributed by atoms with Crippen LogP contribution in [0.3, 0.4) is 0 Å². The molecule has 0 aromatic rings. The zero-order valence-electron chi connectivity index (χ0n) is 9.83. The lowest BCUT2D eigenvalue weighted by Gasteiger charge is -2.15. The fourth-order valence-electron chi connectivity index (χ4n) is 1.88. The van der Waals surface area contributed by atoms with Gasteiger partial charge in [0.25, 0.3) is 0 Å². The van der Waals surface area contributed by atoms with E-state index in [-0.39, 0.29) is 5.91 Å². The highest BCUT2D eigenvalue weighted by molar-refractivity contribution is 5.74. The summed E-state index contributed by atoms with van der Waals surface area (Å²) in [5.74, 6) is 6.78. The summed E-state index contributed by atoms with van der Waals surface area (Å²) in [4.78, 5) is 13.2. The molecule has 1 saturated carbocycles. The number of hydrogen-bond donors (Lipinski definition) is 2. The largest absolute Gasteiger partial charge is 0.306 e. The van der Waals surface area contributed by atoms with E-state index < -0.39 is 0 Å². The van der Waals surface area contributed by atoms with Crippen LogP contribution in [0, 0.1) is 11.8 Å². The molecule has 2 atom stereocenters. The zero-order chi connectivity index (χ0) is 11.3. The van der Waals surface area contributed by atoms with Gasteiger partial charge < -0.3 is 4.90 Å². The van der Waals surface area contributed by atoms with Gasteiger partial charge in [0.2, 0.25) is 5.91 Å². The summed E-state index contributed by atoms with van der Waals surface area (Å²) in [6.07, 6.45) is 3.93. The van der Waals surface area contributed by atoms with Crippen molar-refractivity contribution in [3.63, 3.8) is 0 Å². The predicted octanol–water partition coefficient (Wildman–Crippen LogP) is 0.734. The molecule has 0 saturated heterocycles. The summed E-state index contributed by atoms with van der Waals surface area (Å²) in [7, 11) is 2.16. The third-order valence-corrected chi connectivity index (χ3v) is 3.18. The molecular formula is C11H23N3O. The van der Waals surface area contributed by atoms with Crippen LogP contribution in [-0.4, -0.2) is 30.9 Å². The molecule has 2 unspecified atom stereocenters. The topological polar surface area (TPSA) is 58.4 Å². The van der Waals surface area contributed by atoms with Crippen LogP contribution < -0.4 is 11.3 Å². The molecule has 4 nitrogen and oxygen atoms in total. The molecule has 3 N–H and O–H groups in total. The Morgan fingerprint density at radius 1 is 1.53 bits per heavy atom. The minimum Gasteiger partial charge on any atom is -0.306 e. The van der Waals surface area contributed by atoms with E-state index in [9.17, 15) is 4.79 Å². The van der Waals surface area contributed by atoms with E-state index in [0.717, 1.165) is 31.2 Å². The first kappa shape index (κ1) is 12.5. The number of hydrazine groups is 1. The van der Waals surface area contributed by atoms with Crippen molar-refractivity contribution < 1.29 is 4.79 Å². The number of amides is 1. The van der Waals surface area contributed by atoms with Crippen LogP contribution >= 0.6 is 0 Å². The number of rotatable bonds is 7. The highest BCUT2D eigenvalue weighted by Crippen LogP contribution is 2.37. The lowest BCUT2D eigenvalue weighted by atomic mass is 10.2. The molecule has 0 bridgehead atoms. The van der Waals surface area contributed by atoms with Gasteiger partial charge >= 0.3 is 0 Å².